The van der Waals surface area contributed by atoms with Crippen molar-refractivity contribution < 1.29 is 17.7 Å². The predicted molar refractivity (Wildman–Crippen MR) is 115 cm³/mol. The van der Waals surface area contributed by atoms with Crippen molar-refractivity contribution in [1.82, 2.24) is 15.0 Å². The van der Waals surface area contributed by atoms with Crippen LogP contribution in [0.1, 0.15) is 31.7 Å². The molecule has 11 heteroatoms. The van der Waals surface area contributed by atoms with Gasteiger partial charge in [0.1, 0.15) is 21.7 Å². The third-order valence-corrected chi connectivity index (χ3v) is 6.68. The van der Waals surface area contributed by atoms with Gasteiger partial charge in [0.2, 0.25) is 21.8 Å². The Morgan fingerprint density at radius 2 is 2.13 bits per heavy atom. The van der Waals surface area contributed by atoms with Gasteiger partial charge in [0, 0.05) is 30.9 Å². The summed E-state index contributed by atoms with van der Waals surface area (Å²) in [5.74, 6) is 0.457. The Kier molecular flexibility index (Phi) is 5.33. The van der Waals surface area contributed by atoms with Crippen molar-refractivity contribution in [1.29, 1.82) is 0 Å². The summed E-state index contributed by atoms with van der Waals surface area (Å²) in [5.41, 5.74) is 2.56. The minimum atomic E-state index is -3.53. The zero-order chi connectivity index (χ0) is 21.5. The van der Waals surface area contributed by atoms with Crippen molar-refractivity contribution >= 4 is 33.0 Å². The van der Waals surface area contributed by atoms with E-state index in [9.17, 15) is 8.42 Å². The lowest BCUT2D eigenvalue weighted by atomic mass is 10.1. The number of hydrogen-bond acceptors (Lipinski definition) is 9. The van der Waals surface area contributed by atoms with Crippen LogP contribution < -0.4 is 4.31 Å². The second kappa shape index (κ2) is 7.80. The van der Waals surface area contributed by atoms with Crippen LogP contribution in [0.5, 0.6) is 0 Å². The first-order valence-electron chi connectivity index (χ1n) is 9.34. The maximum atomic E-state index is 12.3. The van der Waals surface area contributed by atoms with Gasteiger partial charge in [-0.25, -0.2) is 22.7 Å². The number of sulfonamides is 1. The van der Waals surface area contributed by atoms with Gasteiger partial charge in [-0.1, -0.05) is 5.16 Å². The molecule has 4 heterocycles. The normalized spacial score (nSPS) is 15.6. The summed E-state index contributed by atoms with van der Waals surface area (Å²) in [6.07, 6.45) is 4.85. The summed E-state index contributed by atoms with van der Waals surface area (Å²) in [5, 5.41) is 4.96. The van der Waals surface area contributed by atoms with Crippen molar-refractivity contribution in [2.45, 2.75) is 33.3 Å². The smallest absolute Gasteiger partial charge is 0.241 e. The number of oxime groups is 1. The minimum Gasteiger partial charge on any atom is -0.418 e. The SMILES string of the molecule is Cc1nc(-c2cccnc2)sc1-c1nc2c(o1)N(S(C)(=O)=O)CC/C2=N\OC(C)C. The molecule has 0 radical (unpaired) electrons. The van der Waals surface area contributed by atoms with Gasteiger partial charge < -0.3 is 9.25 Å². The van der Waals surface area contributed by atoms with Crippen LogP contribution in [0.2, 0.25) is 0 Å². The van der Waals surface area contributed by atoms with Crippen LogP contribution in [-0.4, -0.2) is 48.0 Å². The molecule has 0 unspecified atom stereocenters. The van der Waals surface area contributed by atoms with Crippen LogP contribution in [-0.2, 0) is 14.9 Å². The zero-order valence-corrected chi connectivity index (χ0v) is 18.6. The molecule has 0 aromatic carbocycles. The fraction of sp³-hybridized carbons (Fsp3) is 0.368. The van der Waals surface area contributed by atoms with E-state index in [1.165, 1.54) is 15.6 Å². The van der Waals surface area contributed by atoms with Crippen LogP contribution in [0.4, 0.5) is 5.88 Å². The van der Waals surface area contributed by atoms with Crippen LogP contribution in [0, 0.1) is 6.92 Å². The third kappa shape index (κ3) is 3.94. The van der Waals surface area contributed by atoms with E-state index in [-0.39, 0.29) is 18.5 Å². The van der Waals surface area contributed by atoms with E-state index in [0.717, 1.165) is 27.4 Å². The quantitative estimate of drug-likeness (QED) is 0.551. The van der Waals surface area contributed by atoms with Crippen molar-refractivity contribution in [2.75, 3.05) is 17.1 Å². The van der Waals surface area contributed by atoms with E-state index >= 15 is 0 Å². The highest BCUT2D eigenvalue weighted by Crippen LogP contribution is 2.39. The lowest BCUT2D eigenvalue weighted by molar-refractivity contribution is 0.0855. The molecular weight excluding hydrogens is 426 g/mol. The van der Waals surface area contributed by atoms with E-state index in [2.05, 4.69) is 20.1 Å². The molecule has 1 aliphatic heterocycles. The average Bonchev–Trinajstić information content (AvgIpc) is 3.29. The predicted octanol–water partition coefficient (Wildman–Crippen LogP) is 3.47. The van der Waals surface area contributed by atoms with Gasteiger partial charge in [-0.15, -0.1) is 11.3 Å². The molecule has 4 rings (SSSR count). The second-order valence-electron chi connectivity index (χ2n) is 7.13. The summed E-state index contributed by atoms with van der Waals surface area (Å²) >= 11 is 1.41. The van der Waals surface area contributed by atoms with Crippen LogP contribution in [0.25, 0.3) is 21.3 Å². The summed E-state index contributed by atoms with van der Waals surface area (Å²) < 4.78 is 31.7. The number of pyridine rings is 1. The van der Waals surface area contributed by atoms with Gasteiger partial charge in [-0.3, -0.25) is 4.98 Å². The Bertz CT molecular complexity index is 1200. The maximum absolute atomic E-state index is 12.3. The minimum absolute atomic E-state index is 0.106. The second-order valence-corrected chi connectivity index (χ2v) is 10.0. The first kappa shape index (κ1) is 20.5. The number of fused-ring (bicyclic) bond motifs is 1. The molecule has 30 heavy (non-hydrogen) atoms. The van der Waals surface area contributed by atoms with Crippen LogP contribution >= 0.6 is 11.3 Å². The van der Waals surface area contributed by atoms with E-state index in [1.807, 2.05) is 32.9 Å². The topological polar surface area (TPSA) is 111 Å². The first-order valence-corrected chi connectivity index (χ1v) is 12.0. The summed E-state index contributed by atoms with van der Waals surface area (Å²) in [6.45, 7) is 5.81. The number of anilines is 1. The lowest BCUT2D eigenvalue weighted by Gasteiger charge is -2.24. The number of thiazole rings is 1. The molecule has 1 aliphatic rings. The van der Waals surface area contributed by atoms with Crippen molar-refractivity contribution in [2.24, 2.45) is 5.16 Å². The molecule has 0 atom stereocenters. The molecule has 0 spiro atoms. The molecule has 3 aromatic heterocycles. The average molecular weight is 448 g/mol. The van der Waals surface area contributed by atoms with Gasteiger partial charge in [-0.05, 0) is 32.9 Å². The molecule has 0 aliphatic carbocycles. The fourth-order valence-electron chi connectivity index (χ4n) is 2.98. The number of hydrogen-bond donors (Lipinski definition) is 0. The molecule has 0 saturated heterocycles. The molecule has 0 fully saturated rings. The molecular formula is C19H21N5O4S2. The Morgan fingerprint density at radius 1 is 1.33 bits per heavy atom. The molecule has 0 N–H and O–H groups in total. The third-order valence-electron chi connectivity index (χ3n) is 4.33. The monoisotopic (exact) mass is 447 g/mol. The van der Waals surface area contributed by atoms with Crippen LogP contribution in [0.3, 0.4) is 0 Å². The highest BCUT2D eigenvalue weighted by Gasteiger charge is 2.35. The van der Waals surface area contributed by atoms with Crippen molar-refractivity contribution in [3.8, 4) is 21.3 Å². The van der Waals surface area contributed by atoms with Crippen molar-refractivity contribution in [3.63, 3.8) is 0 Å². The van der Waals surface area contributed by atoms with E-state index < -0.39 is 10.0 Å². The number of rotatable bonds is 5. The molecule has 3 aromatic rings. The van der Waals surface area contributed by atoms with Gasteiger partial charge in [0.05, 0.1) is 11.9 Å². The molecule has 0 saturated carbocycles. The summed E-state index contributed by atoms with van der Waals surface area (Å²) in [7, 11) is -3.53. The zero-order valence-electron chi connectivity index (χ0n) is 17.0. The number of aryl methyl sites for hydroxylation is 1. The van der Waals surface area contributed by atoms with Crippen molar-refractivity contribution in [3.05, 3.63) is 35.9 Å². The highest BCUT2D eigenvalue weighted by atomic mass is 32.2. The van der Waals surface area contributed by atoms with Gasteiger partial charge >= 0.3 is 0 Å². The van der Waals surface area contributed by atoms with E-state index in [0.29, 0.717) is 23.7 Å². The summed E-state index contributed by atoms with van der Waals surface area (Å²) in [4.78, 5) is 19.4. The van der Waals surface area contributed by atoms with Gasteiger partial charge in [0.15, 0.2) is 5.69 Å². The molecule has 9 nitrogen and oxygen atoms in total. The first-order chi connectivity index (χ1) is 14.2. The Morgan fingerprint density at radius 3 is 2.80 bits per heavy atom. The largest absolute Gasteiger partial charge is 0.418 e. The molecule has 158 valence electrons. The number of nitrogens with zero attached hydrogens (tertiary/aromatic N) is 5. The van der Waals surface area contributed by atoms with Gasteiger partial charge in [-0.2, -0.15) is 0 Å². The van der Waals surface area contributed by atoms with Crippen LogP contribution in [0.15, 0.2) is 34.1 Å². The number of oxazole rings is 1. The van der Waals surface area contributed by atoms with E-state index in [4.69, 9.17) is 9.25 Å². The molecule has 0 bridgehead atoms. The fourth-order valence-corrected chi connectivity index (χ4v) is 4.81. The lowest BCUT2D eigenvalue weighted by Crippen LogP contribution is -2.36. The standard InChI is InChI=1S/C19H21N5O4S2/c1-11(2)28-23-14-7-9-24(30(4,25)26)19-15(14)22-17(27-19)16-12(3)21-18(29-16)13-6-5-8-20-10-13/h5-6,8,10-11H,7,9H2,1-4H3/b23-14+. The highest BCUT2D eigenvalue weighted by molar-refractivity contribution is 7.92. The Balaban J connectivity index is 1.80. The number of aromatic nitrogens is 3. The van der Waals surface area contributed by atoms with E-state index in [1.54, 1.807) is 12.4 Å². The Labute approximate surface area is 178 Å². The Hall–Kier alpha value is -2.79. The molecule has 0 amide bonds. The van der Waals surface area contributed by atoms with Gasteiger partial charge in [0.25, 0.3) is 0 Å². The summed E-state index contributed by atoms with van der Waals surface area (Å²) in [6, 6.07) is 3.77. The maximum Gasteiger partial charge on any atom is 0.241 e.